The van der Waals surface area contributed by atoms with Gasteiger partial charge in [0.05, 0.1) is 11.0 Å². The summed E-state index contributed by atoms with van der Waals surface area (Å²) in [7, 11) is 0. The van der Waals surface area contributed by atoms with Crippen molar-refractivity contribution in [2.75, 3.05) is 4.81 Å². The molecule has 5 heteroatoms. The predicted octanol–water partition coefficient (Wildman–Crippen LogP) is 15.8. The Morgan fingerprint density at radius 1 is 0.485 bits per heavy atom. The molecule has 0 unspecified atom stereocenters. The third-order valence-electron chi connectivity index (χ3n) is 17.4. The Labute approximate surface area is 397 Å². The van der Waals surface area contributed by atoms with Gasteiger partial charge in [-0.3, -0.25) is 0 Å². The highest BCUT2D eigenvalue weighted by Gasteiger charge is 2.47. The zero-order chi connectivity index (χ0) is 46.1. The van der Waals surface area contributed by atoms with Gasteiger partial charge in [0.1, 0.15) is 22.3 Å². The van der Waals surface area contributed by atoms with Crippen LogP contribution in [0.25, 0.3) is 93.6 Å². The van der Waals surface area contributed by atoms with Gasteiger partial charge in [0, 0.05) is 66.4 Å². The molecule has 0 radical (unpaired) electrons. The van der Waals surface area contributed by atoms with Crippen LogP contribution in [0.15, 0.2) is 142 Å². The van der Waals surface area contributed by atoms with Crippen LogP contribution < -0.4 is 15.7 Å². The quantitative estimate of drug-likeness (QED) is 0.154. The lowest BCUT2D eigenvalue weighted by Crippen LogP contribution is -2.60. The van der Waals surface area contributed by atoms with Crippen LogP contribution in [0.1, 0.15) is 103 Å². The molecule has 0 atom stereocenters. The summed E-state index contributed by atoms with van der Waals surface area (Å²) in [5.41, 5.74) is 24.5. The van der Waals surface area contributed by atoms with E-state index in [1.165, 1.54) is 117 Å². The van der Waals surface area contributed by atoms with E-state index in [1.54, 1.807) is 0 Å². The van der Waals surface area contributed by atoms with Crippen LogP contribution in [0.4, 0.5) is 11.4 Å². The van der Waals surface area contributed by atoms with E-state index in [9.17, 15) is 0 Å². The Bertz CT molecular complexity index is 4110. The second-order valence-corrected chi connectivity index (χ2v) is 23.5. The molecule has 0 bridgehead atoms. The van der Waals surface area contributed by atoms with Crippen molar-refractivity contribution in [1.29, 1.82) is 0 Å². The van der Waals surface area contributed by atoms with E-state index in [1.807, 2.05) is 0 Å². The topological polar surface area (TPSA) is 34.5 Å². The van der Waals surface area contributed by atoms with Crippen LogP contribution in [0.3, 0.4) is 0 Å². The van der Waals surface area contributed by atoms with Gasteiger partial charge < -0.3 is 18.2 Å². The molecule has 8 aromatic carbocycles. The molecule has 15 rings (SSSR count). The van der Waals surface area contributed by atoms with E-state index in [-0.39, 0.29) is 28.5 Å². The van der Waals surface area contributed by atoms with Crippen molar-refractivity contribution in [3.05, 3.63) is 161 Å². The Morgan fingerprint density at radius 2 is 1.16 bits per heavy atom. The van der Waals surface area contributed by atoms with E-state index in [0.29, 0.717) is 0 Å². The Hall–Kier alpha value is -6.98. The fourth-order valence-electron chi connectivity index (χ4n) is 13.5. The van der Waals surface area contributed by atoms with Gasteiger partial charge in [-0.1, -0.05) is 135 Å². The zero-order valence-electron chi connectivity index (χ0n) is 40.4. The maximum absolute atomic E-state index is 7.05. The van der Waals surface area contributed by atoms with Gasteiger partial charge in [-0.25, -0.2) is 0 Å². The van der Waals surface area contributed by atoms with Crippen LogP contribution in [0.2, 0.25) is 0 Å². The highest BCUT2D eigenvalue weighted by molar-refractivity contribution is 6.93. The Morgan fingerprint density at radius 3 is 1.96 bits per heavy atom. The first-order chi connectivity index (χ1) is 32.6. The van der Waals surface area contributed by atoms with Crippen molar-refractivity contribution in [3.63, 3.8) is 0 Å². The molecule has 0 fully saturated rings. The minimum atomic E-state index is -0.176. The third kappa shape index (κ3) is 4.82. The zero-order valence-corrected chi connectivity index (χ0v) is 40.4. The molecule has 2 aliphatic carbocycles. The maximum Gasteiger partial charge on any atom is 0.333 e. The number of aromatic nitrogens is 1. The lowest BCUT2D eigenvalue weighted by molar-refractivity contribution is 0.332. The summed E-state index contributed by atoms with van der Waals surface area (Å²) in [4.78, 5) is 2.69. The highest BCUT2D eigenvalue weighted by atomic mass is 16.3. The molecular formula is C63H53BN2O2. The molecule has 0 spiro atoms. The molecule has 0 N–H and O–H groups in total. The van der Waals surface area contributed by atoms with Crippen molar-refractivity contribution in [1.82, 2.24) is 4.57 Å². The van der Waals surface area contributed by atoms with Gasteiger partial charge in [0.15, 0.2) is 0 Å². The fourth-order valence-corrected chi connectivity index (χ4v) is 13.5. The van der Waals surface area contributed by atoms with Crippen LogP contribution in [-0.2, 0) is 21.7 Å². The molecule has 0 amide bonds. The molecular weight excluding hydrogens is 828 g/mol. The molecule has 4 aliphatic rings. The van der Waals surface area contributed by atoms with Crippen molar-refractivity contribution < 1.29 is 8.83 Å². The molecule has 3 aromatic heterocycles. The van der Waals surface area contributed by atoms with E-state index in [2.05, 4.69) is 205 Å². The smallest absolute Gasteiger partial charge is 0.333 e. The van der Waals surface area contributed by atoms with Crippen molar-refractivity contribution >= 4 is 94.8 Å². The second kappa shape index (κ2) is 12.4. The average molecular weight is 881 g/mol. The SMILES string of the molecule is CC(C)(C)c1ccc(N2B3c4cc5c(cc4-n4c6cc7oc8ccccc8c7cc6c6ccc(c3c64)-c3cc4oc6cc7c(cc6c4cc32)C(C)(C)CCC7(C)C)-c2ccccc2C5(C)C)cc1. The van der Waals surface area contributed by atoms with Crippen LogP contribution in [0.5, 0.6) is 0 Å². The second-order valence-electron chi connectivity index (χ2n) is 23.5. The summed E-state index contributed by atoms with van der Waals surface area (Å²) < 4.78 is 16.3. The molecule has 2 aliphatic heterocycles. The molecule has 4 nitrogen and oxygen atoms in total. The number of furan rings is 2. The summed E-state index contributed by atoms with van der Waals surface area (Å²) in [6.07, 6.45) is 2.33. The standard InChI is InChI=1S/C63H53BN2O2/c1-60(2,3)34-18-20-35(21-19-34)66-52-29-45-44-27-48-49(62(6,7)25-24-61(48,4)5)32-56(44)68-55(45)30-42(52)38-22-23-39-41-26-43-37-15-11-13-17-54(37)67-57(43)33-51(41)65-53-28-40-36-14-10-12-16-46(36)63(8,9)47(40)31-50(53)64(66)58(38)59(39)65/h10-23,26-33H,24-25H2,1-9H3. The first-order valence-corrected chi connectivity index (χ1v) is 24.7. The maximum atomic E-state index is 7.05. The first kappa shape index (κ1) is 39.1. The number of hydrogen-bond acceptors (Lipinski definition) is 3. The van der Waals surface area contributed by atoms with Crippen molar-refractivity contribution in [2.24, 2.45) is 0 Å². The molecule has 330 valence electrons. The number of fused-ring (bicyclic) bond motifs is 18. The number of anilines is 2. The fraction of sp³-hybridized carbons (Fsp3) is 0.238. The molecule has 11 aromatic rings. The highest BCUT2D eigenvalue weighted by Crippen LogP contribution is 2.54. The largest absolute Gasteiger partial charge is 0.456 e. The lowest BCUT2D eigenvalue weighted by atomic mass is 9.43. The normalized spacial score (nSPS) is 17.1. The molecule has 0 saturated carbocycles. The van der Waals surface area contributed by atoms with E-state index >= 15 is 0 Å². The van der Waals surface area contributed by atoms with Gasteiger partial charge >= 0.3 is 6.85 Å². The van der Waals surface area contributed by atoms with Crippen LogP contribution >= 0.6 is 0 Å². The van der Waals surface area contributed by atoms with Crippen molar-refractivity contribution in [2.45, 2.75) is 96.8 Å². The Kier molecular flexibility index (Phi) is 7.11. The summed E-state index contributed by atoms with van der Waals surface area (Å²) in [6.45, 7) is 21.3. The predicted molar refractivity (Wildman–Crippen MR) is 286 cm³/mol. The average Bonchev–Trinajstić information content (AvgIpc) is 4.03. The number of benzene rings is 8. The van der Waals surface area contributed by atoms with Gasteiger partial charge in [0.2, 0.25) is 0 Å². The monoisotopic (exact) mass is 880 g/mol. The minimum absolute atomic E-state index is 0.0183. The molecule has 0 saturated heterocycles. The van der Waals surface area contributed by atoms with Gasteiger partial charge in [-0.05, 0) is 139 Å². The minimum Gasteiger partial charge on any atom is -0.456 e. The van der Waals surface area contributed by atoms with Gasteiger partial charge in [-0.15, -0.1) is 0 Å². The lowest BCUT2D eigenvalue weighted by Gasteiger charge is -2.42. The Balaban J connectivity index is 1.09. The van der Waals surface area contributed by atoms with E-state index < -0.39 is 0 Å². The van der Waals surface area contributed by atoms with Gasteiger partial charge in [-0.2, -0.15) is 0 Å². The van der Waals surface area contributed by atoms with Crippen molar-refractivity contribution in [3.8, 4) is 27.9 Å². The summed E-state index contributed by atoms with van der Waals surface area (Å²) in [5.74, 6) is 0. The summed E-state index contributed by atoms with van der Waals surface area (Å²) in [6, 6.07) is 51.4. The third-order valence-corrected chi connectivity index (χ3v) is 17.4. The summed E-state index contributed by atoms with van der Waals surface area (Å²) in [5, 5.41) is 7.17. The van der Waals surface area contributed by atoms with E-state index in [4.69, 9.17) is 8.83 Å². The van der Waals surface area contributed by atoms with Crippen LogP contribution in [-0.4, -0.2) is 11.4 Å². The summed E-state index contributed by atoms with van der Waals surface area (Å²) >= 11 is 0. The molecule has 5 heterocycles. The number of hydrogen-bond donors (Lipinski definition) is 0. The number of nitrogens with zero attached hydrogens (tertiary/aromatic N) is 2. The van der Waals surface area contributed by atoms with Crippen LogP contribution in [0, 0.1) is 0 Å². The number of para-hydroxylation sites is 1. The van der Waals surface area contributed by atoms with Gasteiger partial charge in [0.25, 0.3) is 0 Å². The molecule has 68 heavy (non-hydrogen) atoms. The first-order valence-electron chi connectivity index (χ1n) is 24.7. The number of rotatable bonds is 1. The van der Waals surface area contributed by atoms with E-state index in [0.717, 1.165) is 39.5 Å².